The van der Waals surface area contributed by atoms with Crippen molar-refractivity contribution in [2.24, 2.45) is 0 Å². The van der Waals surface area contributed by atoms with Gasteiger partial charge in [-0.15, -0.1) is 0 Å². The molecule has 6 heteroatoms. The molecule has 1 aromatic carbocycles. The number of fused-ring (bicyclic) bond motifs is 1. The molecule has 1 heterocycles. The molecule has 0 saturated heterocycles. The highest BCUT2D eigenvalue weighted by Gasteiger charge is 2.36. The molecule has 0 aromatic heterocycles. The van der Waals surface area contributed by atoms with Gasteiger partial charge in [0.25, 0.3) is 5.91 Å². The van der Waals surface area contributed by atoms with Crippen LogP contribution >= 0.6 is 0 Å². The van der Waals surface area contributed by atoms with Gasteiger partial charge in [0.05, 0.1) is 12.6 Å². The third-order valence-corrected chi connectivity index (χ3v) is 5.47. The lowest BCUT2D eigenvalue weighted by molar-refractivity contribution is -0.124. The highest BCUT2D eigenvalue weighted by molar-refractivity contribution is 6.01. The maximum absolute atomic E-state index is 12.9. The zero-order chi connectivity index (χ0) is 19.9. The average molecular weight is 385 g/mol. The molecule has 3 rings (SSSR count). The molecule has 0 radical (unpaired) electrons. The number of unbranched alkanes of at least 4 members (excludes halogenated alkanes) is 2. The quantitative estimate of drug-likeness (QED) is 0.532. The second-order valence-corrected chi connectivity index (χ2v) is 7.53. The van der Waals surface area contributed by atoms with Gasteiger partial charge in [0.1, 0.15) is 17.8 Å². The van der Waals surface area contributed by atoms with E-state index in [0.29, 0.717) is 63.0 Å². The van der Waals surface area contributed by atoms with Crippen molar-refractivity contribution in [2.45, 2.75) is 70.4 Å². The number of benzene rings is 1. The number of aldehydes is 1. The number of carbonyl (C=O) groups is 4. The van der Waals surface area contributed by atoms with Gasteiger partial charge in [-0.3, -0.25) is 14.4 Å². The van der Waals surface area contributed by atoms with E-state index in [0.717, 1.165) is 31.1 Å². The van der Waals surface area contributed by atoms with E-state index in [1.165, 1.54) is 0 Å². The Morgan fingerprint density at radius 3 is 2.71 bits per heavy atom. The number of carbonyl (C=O) groups excluding carboxylic acids is 4. The van der Waals surface area contributed by atoms with Crippen LogP contribution in [0, 0.1) is 0 Å². The molecule has 2 aliphatic rings. The monoisotopic (exact) mass is 385 g/mol. The van der Waals surface area contributed by atoms with Crippen molar-refractivity contribution in [3.05, 3.63) is 29.3 Å². The van der Waals surface area contributed by atoms with E-state index in [1.54, 1.807) is 17.0 Å². The van der Waals surface area contributed by atoms with Gasteiger partial charge in [-0.25, -0.2) is 0 Å². The molecule has 6 nitrogen and oxygen atoms in total. The maximum Gasteiger partial charge on any atom is 0.255 e. The van der Waals surface area contributed by atoms with E-state index >= 15 is 0 Å². The van der Waals surface area contributed by atoms with Crippen molar-refractivity contribution < 1.29 is 23.9 Å². The van der Waals surface area contributed by atoms with Crippen LogP contribution in [0.1, 0.15) is 73.7 Å². The summed E-state index contributed by atoms with van der Waals surface area (Å²) in [5.74, 6) is 0.782. The summed E-state index contributed by atoms with van der Waals surface area (Å²) in [5, 5.41) is 0. The molecule has 1 fully saturated rings. The Labute approximate surface area is 165 Å². The fourth-order valence-electron chi connectivity index (χ4n) is 3.88. The zero-order valence-electron chi connectivity index (χ0n) is 16.2. The summed E-state index contributed by atoms with van der Waals surface area (Å²) >= 11 is 0. The summed E-state index contributed by atoms with van der Waals surface area (Å²) in [7, 11) is 0. The van der Waals surface area contributed by atoms with Crippen molar-refractivity contribution in [1.29, 1.82) is 0 Å². The fourth-order valence-corrected chi connectivity index (χ4v) is 3.88. The summed E-state index contributed by atoms with van der Waals surface area (Å²) < 4.78 is 5.72. The summed E-state index contributed by atoms with van der Waals surface area (Å²) in [6.45, 7) is 0.897. The Bertz CT molecular complexity index is 757. The van der Waals surface area contributed by atoms with Crippen LogP contribution in [0.2, 0.25) is 0 Å². The molecule has 0 N–H and O–H groups in total. The van der Waals surface area contributed by atoms with E-state index < -0.39 is 6.04 Å². The molecule has 1 aliphatic heterocycles. The Morgan fingerprint density at radius 1 is 1.07 bits per heavy atom. The second-order valence-electron chi connectivity index (χ2n) is 7.53. The zero-order valence-corrected chi connectivity index (χ0v) is 16.2. The number of hydrogen-bond donors (Lipinski definition) is 0. The first-order chi connectivity index (χ1) is 13.6. The minimum Gasteiger partial charge on any atom is -0.494 e. The molecule has 0 bridgehead atoms. The van der Waals surface area contributed by atoms with Crippen LogP contribution in [-0.4, -0.2) is 41.3 Å². The number of ketones is 2. The number of rotatable bonds is 7. The third-order valence-electron chi connectivity index (χ3n) is 5.47. The normalized spacial score (nSPS) is 20.4. The van der Waals surface area contributed by atoms with Crippen LogP contribution in [0.15, 0.2) is 18.2 Å². The predicted octanol–water partition coefficient (Wildman–Crippen LogP) is 3.25. The Kier molecular flexibility index (Phi) is 6.95. The molecule has 1 amide bonds. The van der Waals surface area contributed by atoms with E-state index in [1.807, 2.05) is 6.07 Å². The van der Waals surface area contributed by atoms with E-state index in [4.69, 9.17) is 4.74 Å². The second kappa shape index (κ2) is 9.62. The van der Waals surface area contributed by atoms with Gasteiger partial charge < -0.3 is 14.4 Å². The summed E-state index contributed by atoms with van der Waals surface area (Å²) in [6, 6.07) is 4.87. The Balaban J connectivity index is 1.67. The van der Waals surface area contributed by atoms with Crippen molar-refractivity contribution in [3.8, 4) is 5.75 Å². The number of ether oxygens (including phenoxy) is 1. The van der Waals surface area contributed by atoms with E-state index in [9.17, 15) is 19.2 Å². The van der Waals surface area contributed by atoms with Crippen LogP contribution in [0.5, 0.6) is 5.75 Å². The molecule has 1 aromatic rings. The fraction of sp³-hybridized carbons (Fsp3) is 0.545. The van der Waals surface area contributed by atoms with Crippen molar-refractivity contribution in [1.82, 2.24) is 4.90 Å². The van der Waals surface area contributed by atoms with Crippen LogP contribution in [0.4, 0.5) is 0 Å². The lowest BCUT2D eigenvalue weighted by Crippen LogP contribution is -2.41. The van der Waals surface area contributed by atoms with Crippen LogP contribution in [0.25, 0.3) is 0 Å². The average Bonchev–Trinajstić information content (AvgIpc) is 3.04. The number of nitrogens with zero attached hydrogens (tertiary/aromatic N) is 1. The van der Waals surface area contributed by atoms with Gasteiger partial charge in [-0.2, -0.15) is 0 Å². The van der Waals surface area contributed by atoms with Crippen LogP contribution < -0.4 is 4.74 Å². The lowest BCUT2D eigenvalue weighted by atomic mass is 10.0. The summed E-state index contributed by atoms with van der Waals surface area (Å²) in [6.07, 6.45) is 6.21. The van der Waals surface area contributed by atoms with Gasteiger partial charge in [0, 0.05) is 37.8 Å². The molecule has 1 unspecified atom stereocenters. The Morgan fingerprint density at radius 2 is 1.89 bits per heavy atom. The maximum atomic E-state index is 12.9. The molecule has 1 atom stereocenters. The highest BCUT2D eigenvalue weighted by Crippen LogP contribution is 2.30. The number of amides is 1. The van der Waals surface area contributed by atoms with Crippen LogP contribution in [-0.2, 0) is 20.9 Å². The van der Waals surface area contributed by atoms with Crippen molar-refractivity contribution in [2.75, 3.05) is 6.61 Å². The first kappa shape index (κ1) is 20.2. The van der Waals surface area contributed by atoms with Crippen molar-refractivity contribution in [3.63, 3.8) is 0 Å². The van der Waals surface area contributed by atoms with E-state index in [2.05, 4.69) is 0 Å². The largest absolute Gasteiger partial charge is 0.494 e. The minimum absolute atomic E-state index is 0.0579. The molecule has 0 spiro atoms. The Hall–Kier alpha value is -2.50. The van der Waals surface area contributed by atoms with Crippen LogP contribution in [0.3, 0.4) is 0 Å². The van der Waals surface area contributed by atoms with Crippen molar-refractivity contribution >= 4 is 23.8 Å². The van der Waals surface area contributed by atoms with Gasteiger partial charge >= 0.3 is 0 Å². The van der Waals surface area contributed by atoms with E-state index in [-0.39, 0.29) is 17.5 Å². The van der Waals surface area contributed by atoms with Gasteiger partial charge in [0.15, 0.2) is 5.78 Å². The van der Waals surface area contributed by atoms with Gasteiger partial charge in [-0.05, 0) is 55.9 Å². The predicted molar refractivity (Wildman–Crippen MR) is 103 cm³/mol. The van der Waals surface area contributed by atoms with Gasteiger partial charge in [0.2, 0.25) is 0 Å². The molecule has 28 heavy (non-hydrogen) atoms. The lowest BCUT2D eigenvalue weighted by Gasteiger charge is -2.26. The molecular formula is C22H27NO5. The summed E-state index contributed by atoms with van der Waals surface area (Å²) in [4.78, 5) is 49.4. The number of Topliss-reactive ketones (excluding diaryl/α,β-unsaturated/α-hetero) is 2. The smallest absolute Gasteiger partial charge is 0.255 e. The third kappa shape index (κ3) is 4.86. The molecular weight excluding hydrogens is 358 g/mol. The number of hydrogen-bond acceptors (Lipinski definition) is 5. The first-order valence-corrected chi connectivity index (χ1v) is 10.1. The molecule has 1 aliphatic carbocycles. The standard InChI is InChI=1S/C22H27NO5/c24-12-4-1-5-13-28-18-9-10-19-16(14-18)15-23(22(19)27)20-11-8-17(25)6-2-3-7-21(20)26/h9-10,12,14,20H,1-8,11,13,15H2. The van der Waals surface area contributed by atoms with Gasteiger partial charge in [-0.1, -0.05) is 0 Å². The molecule has 1 saturated carbocycles. The molecule has 150 valence electrons. The minimum atomic E-state index is -0.519. The first-order valence-electron chi connectivity index (χ1n) is 10.1. The SMILES string of the molecule is O=CCCCCOc1ccc2c(c1)CN(C1CCC(=O)CCCCC1=O)C2=O. The topological polar surface area (TPSA) is 80.8 Å². The summed E-state index contributed by atoms with van der Waals surface area (Å²) in [5.41, 5.74) is 1.46. The highest BCUT2D eigenvalue weighted by atomic mass is 16.5.